The average Bonchev–Trinajstić information content (AvgIpc) is 2.81. The molecule has 1 amide bonds. The second-order valence-electron chi connectivity index (χ2n) is 4.76. The van der Waals surface area contributed by atoms with Crippen LogP contribution in [0.1, 0.15) is 18.2 Å². The van der Waals surface area contributed by atoms with Crippen LogP contribution < -0.4 is 0 Å². The van der Waals surface area contributed by atoms with Gasteiger partial charge in [0.05, 0.1) is 6.26 Å². The lowest BCUT2D eigenvalue weighted by atomic mass is 10.2. The highest BCUT2D eigenvalue weighted by atomic mass is 32.2. The lowest BCUT2D eigenvalue weighted by Crippen LogP contribution is -2.50. The quantitative estimate of drug-likeness (QED) is 0.738. The lowest BCUT2D eigenvalue weighted by Gasteiger charge is -2.33. The summed E-state index contributed by atoms with van der Waals surface area (Å²) >= 11 is 0. The molecule has 2 heterocycles. The molecule has 1 fully saturated rings. The van der Waals surface area contributed by atoms with E-state index >= 15 is 0 Å². The monoisotopic (exact) mass is 302 g/mol. The molecule has 1 saturated heterocycles. The normalized spacial score (nSPS) is 17.4. The van der Waals surface area contributed by atoms with Crippen molar-refractivity contribution in [3.8, 4) is 0 Å². The fourth-order valence-corrected chi connectivity index (χ4v) is 2.91. The number of nitrogens with zero attached hydrogens (tertiary/aromatic N) is 4. The van der Waals surface area contributed by atoms with Crippen LogP contribution >= 0.6 is 0 Å². The van der Waals surface area contributed by atoms with Gasteiger partial charge in [0.25, 0.3) is 0 Å². The van der Waals surface area contributed by atoms with Gasteiger partial charge in [0.15, 0.2) is 0 Å². The van der Waals surface area contributed by atoms with Crippen molar-refractivity contribution < 1.29 is 17.6 Å². The third-order valence-electron chi connectivity index (χ3n) is 3.18. The number of aromatic nitrogens is 2. The van der Waals surface area contributed by atoms with Gasteiger partial charge in [-0.1, -0.05) is 0 Å². The summed E-state index contributed by atoms with van der Waals surface area (Å²) in [5.41, 5.74) is 0. The summed E-state index contributed by atoms with van der Waals surface area (Å²) in [5, 5.41) is 7.53. The molecule has 0 N–H and O–H groups in total. The Morgan fingerprint density at radius 3 is 2.40 bits per heavy atom. The Bertz CT molecular complexity index is 575. The van der Waals surface area contributed by atoms with Crippen molar-refractivity contribution in [3.05, 3.63) is 11.8 Å². The van der Waals surface area contributed by atoms with Gasteiger partial charge in [0.1, 0.15) is 0 Å². The van der Waals surface area contributed by atoms with Gasteiger partial charge in [-0.3, -0.25) is 4.79 Å². The Morgan fingerprint density at radius 1 is 1.25 bits per heavy atom. The number of hydrogen-bond donors (Lipinski definition) is 0. The second kappa shape index (κ2) is 5.88. The highest BCUT2D eigenvalue weighted by molar-refractivity contribution is 7.88. The standard InChI is InChI=1S/C11H18N4O4S/c1-9-12-13-10(19-9)3-4-11(16)14-5-7-15(8-6-14)20(2,17)18/h3-8H2,1-2H3. The highest BCUT2D eigenvalue weighted by Crippen LogP contribution is 2.09. The molecule has 0 aromatic carbocycles. The van der Waals surface area contributed by atoms with Crippen LogP contribution in [0.4, 0.5) is 0 Å². The lowest BCUT2D eigenvalue weighted by molar-refractivity contribution is -0.132. The van der Waals surface area contributed by atoms with Gasteiger partial charge < -0.3 is 9.32 Å². The highest BCUT2D eigenvalue weighted by Gasteiger charge is 2.25. The van der Waals surface area contributed by atoms with Crippen LogP contribution in [0, 0.1) is 6.92 Å². The maximum Gasteiger partial charge on any atom is 0.223 e. The number of rotatable bonds is 4. The number of carbonyl (C=O) groups excluding carboxylic acids is 1. The molecule has 20 heavy (non-hydrogen) atoms. The van der Waals surface area contributed by atoms with Crippen LogP contribution in [0.5, 0.6) is 0 Å². The molecule has 0 saturated carbocycles. The maximum atomic E-state index is 12.0. The number of amides is 1. The number of hydrogen-bond acceptors (Lipinski definition) is 6. The van der Waals surface area contributed by atoms with Gasteiger partial charge in [0.2, 0.25) is 27.7 Å². The molecule has 112 valence electrons. The van der Waals surface area contributed by atoms with E-state index in [1.807, 2.05) is 0 Å². The van der Waals surface area contributed by atoms with Gasteiger partial charge in [-0.15, -0.1) is 10.2 Å². The molecule has 1 aliphatic rings. The van der Waals surface area contributed by atoms with Gasteiger partial charge in [-0.25, -0.2) is 8.42 Å². The molecule has 0 radical (unpaired) electrons. The van der Waals surface area contributed by atoms with Gasteiger partial charge in [0, 0.05) is 45.9 Å². The van der Waals surface area contributed by atoms with Crippen molar-refractivity contribution >= 4 is 15.9 Å². The first-order valence-corrected chi connectivity index (χ1v) is 8.23. The van der Waals surface area contributed by atoms with E-state index in [1.165, 1.54) is 10.6 Å². The predicted octanol–water partition coefficient (Wildman–Crippen LogP) is -0.586. The minimum absolute atomic E-state index is 0.0194. The molecule has 1 aromatic heterocycles. The fourth-order valence-electron chi connectivity index (χ4n) is 2.08. The van der Waals surface area contributed by atoms with Crippen LogP contribution in [-0.2, 0) is 21.2 Å². The van der Waals surface area contributed by atoms with E-state index in [4.69, 9.17) is 4.42 Å². The average molecular weight is 302 g/mol. The Hall–Kier alpha value is -1.48. The molecule has 1 aromatic rings. The number of aryl methyl sites for hydroxylation is 2. The predicted molar refractivity (Wildman–Crippen MR) is 70.4 cm³/mol. The number of carbonyl (C=O) groups is 1. The van der Waals surface area contributed by atoms with Crippen LogP contribution in [0.2, 0.25) is 0 Å². The van der Waals surface area contributed by atoms with E-state index in [0.717, 1.165) is 0 Å². The molecule has 0 bridgehead atoms. The van der Waals surface area contributed by atoms with Crippen LogP contribution in [0.3, 0.4) is 0 Å². The molecule has 1 aliphatic heterocycles. The van der Waals surface area contributed by atoms with E-state index in [0.29, 0.717) is 50.8 Å². The molecular formula is C11H18N4O4S. The summed E-state index contributed by atoms with van der Waals surface area (Å²) in [6.07, 6.45) is 1.88. The van der Waals surface area contributed by atoms with Gasteiger partial charge in [-0.05, 0) is 0 Å². The largest absolute Gasteiger partial charge is 0.426 e. The summed E-state index contributed by atoms with van der Waals surface area (Å²) < 4.78 is 29.3. The fraction of sp³-hybridized carbons (Fsp3) is 0.727. The van der Waals surface area contributed by atoms with Crippen molar-refractivity contribution in [2.75, 3.05) is 32.4 Å². The molecule has 0 spiro atoms. The summed E-state index contributed by atoms with van der Waals surface area (Å²) in [5.74, 6) is 0.911. The summed E-state index contributed by atoms with van der Waals surface area (Å²) in [6.45, 7) is 3.25. The maximum absolute atomic E-state index is 12.0. The first-order valence-electron chi connectivity index (χ1n) is 6.38. The van der Waals surface area contributed by atoms with E-state index in [-0.39, 0.29) is 5.91 Å². The summed E-state index contributed by atoms with van der Waals surface area (Å²) in [4.78, 5) is 13.7. The molecule has 0 unspecified atom stereocenters. The van der Waals surface area contributed by atoms with Crippen molar-refractivity contribution in [1.29, 1.82) is 0 Å². The molecule has 8 nitrogen and oxygen atoms in total. The van der Waals surface area contributed by atoms with Gasteiger partial charge in [-0.2, -0.15) is 4.31 Å². The molecule has 0 aliphatic carbocycles. The van der Waals surface area contributed by atoms with Gasteiger partial charge >= 0.3 is 0 Å². The van der Waals surface area contributed by atoms with E-state index in [1.54, 1.807) is 11.8 Å². The van der Waals surface area contributed by atoms with Crippen molar-refractivity contribution in [1.82, 2.24) is 19.4 Å². The number of sulfonamides is 1. The van der Waals surface area contributed by atoms with Crippen LogP contribution in [0.15, 0.2) is 4.42 Å². The zero-order chi connectivity index (χ0) is 14.8. The first kappa shape index (κ1) is 14.9. The topological polar surface area (TPSA) is 96.6 Å². The van der Waals surface area contributed by atoms with Crippen molar-refractivity contribution in [3.63, 3.8) is 0 Å². The minimum atomic E-state index is -3.17. The molecular weight excluding hydrogens is 284 g/mol. The van der Waals surface area contributed by atoms with E-state index in [2.05, 4.69) is 10.2 Å². The third kappa shape index (κ3) is 3.76. The first-order chi connectivity index (χ1) is 9.36. The third-order valence-corrected chi connectivity index (χ3v) is 4.48. The van der Waals surface area contributed by atoms with Crippen LogP contribution in [0.25, 0.3) is 0 Å². The Kier molecular flexibility index (Phi) is 4.39. The van der Waals surface area contributed by atoms with Crippen molar-refractivity contribution in [2.45, 2.75) is 19.8 Å². The zero-order valence-electron chi connectivity index (χ0n) is 11.6. The second-order valence-corrected chi connectivity index (χ2v) is 6.74. The van der Waals surface area contributed by atoms with Crippen LogP contribution in [-0.4, -0.2) is 66.2 Å². The molecule has 9 heteroatoms. The SMILES string of the molecule is Cc1nnc(CCC(=O)N2CCN(S(C)(=O)=O)CC2)o1. The Labute approximate surface area is 117 Å². The van der Waals surface area contributed by atoms with Crippen molar-refractivity contribution in [2.24, 2.45) is 0 Å². The number of piperazine rings is 1. The summed E-state index contributed by atoms with van der Waals surface area (Å²) in [7, 11) is -3.17. The molecule has 0 atom stereocenters. The zero-order valence-corrected chi connectivity index (χ0v) is 12.4. The Balaban J connectivity index is 1.80. The minimum Gasteiger partial charge on any atom is -0.426 e. The van der Waals surface area contributed by atoms with E-state index < -0.39 is 10.0 Å². The molecule has 2 rings (SSSR count). The smallest absolute Gasteiger partial charge is 0.223 e. The summed E-state index contributed by atoms with van der Waals surface area (Å²) in [6, 6.07) is 0. The van der Waals surface area contributed by atoms with E-state index in [9.17, 15) is 13.2 Å². The Morgan fingerprint density at radius 2 is 1.90 bits per heavy atom.